The highest BCUT2D eigenvalue weighted by atomic mass is 16.5. The number of aromatic nitrogens is 4. The molecule has 1 N–H and O–H groups in total. The smallest absolute Gasteiger partial charge is 0.336 e. The molecule has 1 aromatic carbocycles. The van der Waals surface area contributed by atoms with Crippen LogP contribution >= 0.6 is 0 Å². The molecular formula is C17H18N4O4. The number of pyridine rings is 1. The number of rotatable bonds is 7. The monoisotopic (exact) mass is 342 g/mol. The zero-order valence-corrected chi connectivity index (χ0v) is 13.9. The molecule has 0 amide bonds. The van der Waals surface area contributed by atoms with Gasteiger partial charge >= 0.3 is 6.01 Å². The zero-order chi connectivity index (χ0) is 17.6. The van der Waals surface area contributed by atoms with E-state index < -0.39 is 0 Å². The molecular weight excluding hydrogens is 324 g/mol. The van der Waals surface area contributed by atoms with Crippen LogP contribution in [0.15, 0.2) is 42.6 Å². The van der Waals surface area contributed by atoms with E-state index in [0.29, 0.717) is 17.5 Å². The third-order valence-electron chi connectivity index (χ3n) is 3.42. The van der Waals surface area contributed by atoms with E-state index in [1.165, 1.54) is 7.11 Å². The Bertz CT molecular complexity index is 816. The van der Waals surface area contributed by atoms with Gasteiger partial charge in [0.25, 0.3) is 0 Å². The Balaban J connectivity index is 1.96. The van der Waals surface area contributed by atoms with Crippen molar-refractivity contribution in [3.05, 3.63) is 42.6 Å². The molecule has 0 unspecified atom stereocenters. The third-order valence-corrected chi connectivity index (χ3v) is 3.42. The van der Waals surface area contributed by atoms with Crippen LogP contribution in [0.2, 0.25) is 0 Å². The summed E-state index contributed by atoms with van der Waals surface area (Å²) in [6.07, 6.45) is 1.65. The molecule has 130 valence electrons. The van der Waals surface area contributed by atoms with Crippen molar-refractivity contribution >= 4 is 0 Å². The number of nitrogens with zero attached hydrogens (tertiary/aromatic N) is 4. The molecule has 0 spiro atoms. The van der Waals surface area contributed by atoms with Crippen LogP contribution in [0.3, 0.4) is 0 Å². The van der Waals surface area contributed by atoms with Gasteiger partial charge in [-0.3, -0.25) is 0 Å². The number of methoxy groups -OCH3 is 2. The predicted octanol–water partition coefficient (Wildman–Crippen LogP) is 1.72. The first-order valence-electron chi connectivity index (χ1n) is 7.60. The fourth-order valence-corrected chi connectivity index (χ4v) is 2.23. The Labute approximate surface area is 144 Å². The van der Waals surface area contributed by atoms with Gasteiger partial charge in [0.15, 0.2) is 5.82 Å². The molecule has 0 radical (unpaired) electrons. The van der Waals surface area contributed by atoms with Crippen molar-refractivity contribution in [3.63, 3.8) is 0 Å². The van der Waals surface area contributed by atoms with Gasteiger partial charge in [-0.05, 0) is 30.3 Å². The normalized spacial score (nSPS) is 10.5. The SMILES string of the molecule is COc1ccc(-n2nc(OC)nc2-c2ccc(OCCO)cc2)cn1. The minimum absolute atomic E-state index is 0.0300. The molecule has 3 aromatic rings. The van der Waals surface area contributed by atoms with Crippen molar-refractivity contribution < 1.29 is 19.3 Å². The summed E-state index contributed by atoms with van der Waals surface area (Å²) in [5, 5.41) is 13.2. The Morgan fingerprint density at radius 1 is 1.04 bits per heavy atom. The lowest BCUT2D eigenvalue weighted by Crippen LogP contribution is -2.02. The zero-order valence-electron chi connectivity index (χ0n) is 13.9. The second-order valence-electron chi connectivity index (χ2n) is 4.99. The van der Waals surface area contributed by atoms with Gasteiger partial charge in [0.05, 0.1) is 32.7 Å². The van der Waals surface area contributed by atoms with Gasteiger partial charge in [-0.1, -0.05) is 0 Å². The van der Waals surface area contributed by atoms with E-state index in [0.717, 1.165) is 11.3 Å². The van der Waals surface area contributed by atoms with Crippen molar-refractivity contribution in [1.29, 1.82) is 0 Å². The lowest BCUT2D eigenvalue weighted by molar-refractivity contribution is 0.201. The average Bonchev–Trinajstić information content (AvgIpc) is 3.11. The lowest BCUT2D eigenvalue weighted by atomic mass is 10.2. The highest BCUT2D eigenvalue weighted by Crippen LogP contribution is 2.25. The van der Waals surface area contributed by atoms with Crippen LogP contribution in [-0.2, 0) is 0 Å². The lowest BCUT2D eigenvalue weighted by Gasteiger charge is -2.07. The largest absolute Gasteiger partial charge is 0.491 e. The van der Waals surface area contributed by atoms with E-state index in [-0.39, 0.29) is 19.2 Å². The molecule has 0 aliphatic carbocycles. The second kappa shape index (κ2) is 7.63. The topological polar surface area (TPSA) is 91.5 Å². The molecule has 0 aliphatic heterocycles. The van der Waals surface area contributed by atoms with Crippen LogP contribution in [0, 0.1) is 0 Å². The first-order valence-corrected chi connectivity index (χ1v) is 7.60. The maximum absolute atomic E-state index is 8.81. The van der Waals surface area contributed by atoms with Crippen LogP contribution in [0.25, 0.3) is 17.1 Å². The molecule has 0 saturated heterocycles. The number of hydrogen-bond donors (Lipinski definition) is 1. The first kappa shape index (κ1) is 16.7. The third kappa shape index (κ3) is 3.69. The molecule has 0 atom stereocenters. The van der Waals surface area contributed by atoms with Crippen molar-refractivity contribution in [1.82, 2.24) is 19.7 Å². The van der Waals surface area contributed by atoms with Crippen molar-refractivity contribution in [2.24, 2.45) is 0 Å². The van der Waals surface area contributed by atoms with E-state index in [4.69, 9.17) is 19.3 Å². The van der Waals surface area contributed by atoms with E-state index in [1.807, 2.05) is 30.3 Å². The Morgan fingerprint density at radius 2 is 1.84 bits per heavy atom. The van der Waals surface area contributed by atoms with Crippen molar-refractivity contribution in [2.75, 3.05) is 27.4 Å². The Kier molecular flexibility index (Phi) is 5.10. The fraction of sp³-hybridized carbons (Fsp3) is 0.235. The summed E-state index contributed by atoms with van der Waals surface area (Å²) in [7, 11) is 3.08. The summed E-state index contributed by atoms with van der Waals surface area (Å²) in [6, 6.07) is 11.2. The van der Waals surface area contributed by atoms with Gasteiger partial charge in [0, 0.05) is 11.6 Å². The molecule has 0 bridgehead atoms. The van der Waals surface area contributed by atoms with E-state index >= 15 is 0 Å². The van der Waals surface area contributed by atoms with Crippen molar-refractivity contribution in [3.8, 4) is 34.7 Å². The summed E-state index contributed by atoms with van der Waals surface area (Å²) in [5.41, 5.74) is 1.56. The fourth-order valence-electron chi connectivity index (χ4n) is 2.23. The first-order chi connectivity index (χ1) is 12.2. The standard InChI is InChI=1S/C17H18N4O4/c1-23-15-8-5-13(11-18-15)21-16(19-17(20-21)24-2)12-3-6-14(7-4-12)25-10-9-22/h3-8,11,22H,9-10H2,1-2H3. The predicted molar refractivity (Wildman–Crippen MR) is 90.3 cm³/mol. The van der Waals surface area contributed by atoms with Crippen LogP contribution in [0.1, 0.15) is 0 Å². The number of hydrogen-bond acceptors (Lipinski definition) is 7. The van der Waals surface area contributed by atoms with Crippen LogP contribution in [-0.4, -0.2) is 52.3 Å². The van der Waals surface area contributed by atoms with E-state index in [2.05, 4.69) is 15.1 Å². The molecule has 0 saturated carbocycles. The highest BCUT2D eigenvalue weighted by molar-refractivity contribution is 5.59. The summed E-state index contributed by atoms with van der Waals surface area (Å²) >= 11 is 0. The van der Waals surface area contributed by atoms with Gasteiger partial charge in [-0.25, -0.2) is 9.67 Å². The maximum Gasteiger partial charge on any atom is 0.336 e. The van der Waals surface area contributed by atoms with Crippen LogP contribution in [0.5, 0.6) is 17.6 Å². The van der Waals surface area contributed by atoms with E-state index in [9.17, 15) is 0 Å². The highest BCUT2D eigenvalue weighted by Gasteiger charge is 2.14. The summed E-state index contributed by atoms with van der Waals surface area (Å²) in [4.78, 5) is 8.60. The van der Waals surface area contributed by atoms with Gasteiger partial charge < -0.3 is 19.3 Å². The molecule has 2 aromatic heterocycles. The summed E-state index contributed by atoms with van der Waals surface area (Å²) in [6.45, 7) is 0.221. The molecule has 8 nitrogen and oxygen atoms in total. The van der Waals surface area contributed by atoms with Gasteiger partial charge in [0.2, 0.25) is 5.88 Å². The average molecular weight is 342 g/mol. The summed E-state index contributed by atoms with van der Waals surface area (Å²) in [5.74, 6) is 1.79. The molecule has 8 heteroatoms. The Morgan fingerprint density at radius 3 is 2.44 bits per heavy atom. The van der Waals surface area contributed by atoms with Gasteiger partial charge in [-0.2, -0.15) is 4.98 Å². The van der Waals surface area contributed by atoms with Gasteiger partial charge in [0.1, 0.15) is 12.4 Å². The number of ether oxygens (including phenoxy) is 3. The quantitative estimate of drug-likeness (QED) is 0.699. The molecule has 25 heavy (non-hydrogen) atoms. The van der Waals surface area contributed by atoms with Crippen molar-refractivity contribution in [2.45, 2.75) is 0 Å². The van der Waals surface area contributed by atoms with E-state index in [1.54, 1.807) is 24.1 Å². The second-order valence-corrected chi connectivity index (χ2v) is 4.99. The number of aliphatic hydroxyl groups is 1. The van der Waals surface area contributed by atoms with Gasteiger partial charge in [-0.15, -0.1) is 5.10 Å². The number of aliphatic hydroxyl groups excluding tert-OH is 1. The van der Waals surface area contributed by atoms with Crippen LogP contribution in [0.4, 0.5) is 0 Å². The summed E-state index contributed by atoms with van der Waals surface area (Å²) < 4.78 is 17.3. The Hall–Kier alpha value is -3.13. The molecule has 0 fully saturated rings. The molecule has 3 rings (SSSR count). The molecule has 0 aliphatic rings. The minimum atomic E-state index is -0.0300. The number of benzene rings is 1. The maximum atomic E-state index is 8.81. The minimum Gasteiger partial charge on any atom is -0.491 e. The molecule has 2 heterocycles. The van der Waals surface area contributed by atoms with Crippen LogP contribution < -0.4 is 14.2 Å².